The number of amides is 1. The van der Waals surface area contributed by atoms with E-state index in [-0.39, 0.29) is 17.2 Å². The minimum absolute atomic E-state index is 0.0316. The van der Waals surface area contributed by atoms with E-state index >= 15 is 0 Å². The lowest BCUT2D eigenvalue weighted by molar-refractivity contribution is -0.139. The minimum Gasteiger partial charge on any atom is -0.493 e. The molecule has 1 heterocycles. The number of piperidine rings is 1. The first-order chi connectivity index (χ1) is 11.4. The lowest BCUT2D eigenvalue weighted by atomic mass is 9.90. The van der Waals surface area contributed by atoms with Crippen LogP contribution in [-0.4, -0.2) is 49.2 Å². The number of likely N-dealkylation sites (tertiary alicyclic amines) is 1. The zero-order valence-electron chi connectivity index (χ0n) is 14.3. The van der Waals surface area contributed by atoms with Crippen molar-refractivity contribution in [3.63, 3.8) is 0 Å². The van der Waals surface area contributed by atoms with Crippen molar-refractivity contribution in [1.82, 2.24) is 4.90 Å². The molecule has 1 spiro atoms. The third kappa shape index (κ3) is 2.70. The fourth-order valence-corrected chi connectivity index (χ4v) is 3.79. The summed E-state index contributed by atoms with van der Waals surface area (Å²) in [5.74, 6) is 0.179. The molecule has 1 aliphatic heterocycles. The molecule has 1 amide bonds. The molecular weight excluding hydrogens is 310 g/mol. The van der Waals surface area contributed by atoms with Gasteiger partial charge in [0.25, 0.3) is 5.91 Å². The van der Waals surface area contributed by atoms with E-state index < -0.39 is 5.97 Å². The Morgan fingerprint density at radius 1 is 1.17 bits per heavy atom. The van der Waals surface area contributed by atoms with Crippen LogP contribution in [0.5, 0.6) is 11.5 Å². The number of carbonyl (C=O) groups excluding carboxylic acids is 1. The van der Waals surface area contributed by atoms with Crippen molar-refractivity contribution in [3.05, 3.63) is 23.3 Å². The maximum absolute atomic E-state index is 12.8. The molecule has 3 rings (SSSR count). The number of rotatable bonds is 4. The second-order valence-electron chi connectivity index (χ2n) is 6.77. The van der Waals surface area contributed by atoms with E-state index in [9.17, 15) is 9.59 Å². The molecular formula is C18H23NO5. The molecule has 1 saturated carbocycles. The molecule has 1 saturated heterocycles. The Morgan fingerprint density at radius 3 is 2.25 bits per heavy atom. The number of carboxylic acid groups (broad SMARTS) is 1. The number of methoxy groups -OCH3 is 2. The summed E-state index contributed by atoms with van der Waals surface area (Å²) >= 11 is 0. The summed E-state index contributed by atoms with van der Waals surface area (Å²) in [5, 5.41) is 9.16. The van der Waals surface area contributed by atoms with Gasteiger partial charge in [-0.2, -0.15) is 0 Å². The van der Waals surface area contributed by atoms with E-state index in [0.29, 0.717) is 30.2 Å². The predicted octanol–water partition coefficient (Wildman–Crippen LogP) is 2.34. The van der Waals surface area contributed by atoms with Crippen LogP contribution in [0.25, 0.3) is 0 Å². The van der Waals surface area contributed by atoms with E-state index in [2.05, 4.69) is 0 Å². The number of ether oxygens (including phenoxy) is 2. The molecule has 0 aromatic heterocycles. The van der Waals surface area contributed by atoms with Crippen LogP contribution in [-0.2, 0) is 4.79 Å². The van der Waals surface area contributed by atoms with Gasteiger partial charge in [-0.05, 0) is 49.3 Å². The molecule has 6 nitrogen and oxygen atoms in total. The molecule has 2 fully saturated rings. The van der Waals surface area contributed by atoms with Gasteiger partial charge in [-0.3, -0.25) is 9.59 Å². The molecule has 1 unspecified atom stereocenters. The van der Waals surface area contributed by atoms with Gasteiger partial charge >= 0.3 is 5.97 Å². The Bertz CT molecular complexity index is 676. The van der Waals surface area contributed by atoms with Crippen molar-refractivity contribution >= 4 is 11.9 Å². The number of carboxylic acids is 1. The Hall–Kier alpha value is -2.24. The van der Waals surface area contributed by atoms with E-state index in [1.165, 1.54) is 0 Å². The van der Waals surface area contributed by atoms with Crippen LogP contribution in [0.2, 0.25) is 0 Å². The molecule has 1 aromatic rings. The number of benzene rings is 1. The molecule has 6 heteroatoms. The molecule has 0 bridgehead atoms. The SMILES string of the molecule is COc1cc(C)c(C(=O)N2CCC3(CC2)CC3C(=O)O)cc1OC. The Labute approximate surface area is 141 Å². The first-order valence-corrected chi connectivity index (χ1v) is 8.16. The van der Waals surface area contributed by atoms with Crippen LogP contribution >= 0.6 is 0 Å². The molecule has 1 aliphatic carbocycles. The van der Waals surface area contributed by atoms with Crippen molar-refractivity contribution in [2.45, 2.75) is 26.2 Å². The summed E-state index contributed by atoms with van der Waals surface area (Å²) in [6, 6.07) is 3.52. The molecule has 130 valence electrons. The van der Waals surface area contributed by atoms with Crippen LogP contribution < -0.4 is 9.47 Å². The summed E-state index contributed by atoms with van der Waals surface area (Å²) in [4.78, 5) is 25.8. The fourth-order valence-electron chi connectivity index (χ4n) is 3.79. The van der Waals surface area contributed by atoms with Crippen molar-refractivity contribution in [2.24, 2.45) is 11.3 Å². The van der Waals surface area contributed by atoms with Gasteiger partial charge in [0, 0.05) is 18.7 Å². The molecule has 1 atom stereocenters. The predicted molar refractivity (Wildman–Crippen MR) is 87.6 cm³/mol. The monoisotopic (exact) mass is 333 g/mol. The number of aliphatic carboxylic acids is 1. The Morgan fingerprint density at radius 2 is 1.75 bits per heavy atom. The largest absolute Gasteiger partial charge is 0.493 e. The average Bonchev–Trinajstić information content (AvgIpc) is 3.28. The van der Waals surface area contributed by atoms with Crippen LogP contribution in [0, 0.1) is 18.3 Å². The normalized spacial score (nSPS) is 21.5. The van der Waals surface area contributed by atoms with Gasteiger partial charge < -0.3 is 19.5 Å². The highest BCUT2D eigenvalue weighted by atomic mass is 16.5. The number of carbonyl (C=O) groups is 2. The number of hydrogen-bond donors (Lipinski definition) is 1. The third-order valence-corrected chi connectivity index (χ3v) is 5.50. The van der Waals surface area contributed by atoms with Crippen molar-refractivity contribution in [1.29, 1.82) is 0 Å². The van der Waals surface area contributed by atoms with E-state index in [1.54, 1.807) is 26.4 Å². The summed E-state index contributed by atoms with van der Waals surface area (Å²) < 4.78 is 10.6. The highest BCUT2D eigenvalue weighted by Crippen LogP contribution is 2.59. The molecule has 1 N–H and O–H groups in total. The summed E-state index contributed by atoms with van der Waals surface area (Å²) in [6.45, 7) is 3.09. The van der Waals surface area contributed by atoms with Gasteiger partial charge in [-0.25, -0.2) is 0 Å². The number of hydrogen-bond acceptors (Lipinski definition) is 4. The van der Waals surface area contributed by atoms with Gasteiger partial charge in [0.15, 0.2) is 11.5 Å². The summed E-state index contributed by atoms with van der Waals surface area (Å²) in [6.07, 6.45) is 2.28. The van der Waals surface area contributed by atoms with Gasteiger partial charge in [0.2, 0.25) is 0 Å². The van der Waals surface area contributed by atoms with Crippen LogP contribution in [0.1, 0.15) is 35.2 Å². The fraction of sp³-hybridized carbons (Fsp3) is 0.556. The first kappa shape index (κ1) is 16.6. The second-order valence-corrected chi connectivity index (χ2v) is 6.77. The maximum atomic E-state index is 12.8. The highest BCUT2D eigenvalue weighted by molar-refractivity contribution is 5.96. The van der Waals surface area contributed by atoms with E-state index in [4.69, 9.17) is 14.6 Å². The van der Waals surface area contributed by atoms with Crippen LogP contribution in [0.15, 0.2) is 12.1 Å². The quantitative estimate of drug-likeness (QED) is 0.915. The van der Waals surface area contributed by atoms with Gasteiger partial charge in [0.05, 0.1) is 20.1 Å². The Kier molecular flexibility index (Phi) is 4.15. The van der Waals surface area contributed by atoms with Gasteiger partial charge in [-0.1, -0.05) is 0 Å². The second kappa shape index (κ2) is 6.00. The maximum Gasteiger partial charge on any atom is 0.307 e. The zero-order valence-corrected chi connectivity index (χ0v) is 14.3. The van der Waals surface area contributed by atoms with Crippen molar-refractivity contribution < 1.29 is 24.2 Å². The number of nitrogens with zero attached hydrogens (tertiary/aromatic N) is 1. The summed E-state index contributed by atoms with van der Waals surface area (Å²) in [7, 11) is 3.11. The third-order valence-electron chi connectivity index (χ3n) is 5.50. The van der Waals surface area contributed by atoms with Crippen LogP contribution in [0.4, 0.5) is 0 Å². The standard InChI is InChI=1S/C18H23NO5/c1-11-8-14(23-2)15(24-3)9-12(11)16(20)19-6-4-18(5-7-19)10-13(18)17(21)22/h8-9,13H,4-7,10H2,1-3H3,(H,21,22). The molecule has 0 radical (unpaired) electrons. The van der Waals surface area contributed by atoms with Gasteiger partial charge in [0.1, 0.15) is 0 Å². The van der Waals surface area contributed by atoms with E-state index in [0.717, 1.165) is 24.8 Å². The minimum atomic E-state index is -0.703. The van der Waals surface area contributed by atoms with Crippen molar-refractivity contribution in [2.75, 3.05) is 27.3 Å². The van der Waals surface area contributed by atoms with Crippen LogP contribution in [0.3, 0.4) is 0 Å². The zero-order chi connectivity index (χ0) is 17.5. The smallest absolute Gasteiger partial charge is 0.307 e. The number of aryl methyl sites for hydroxylation is 1. The first-order valence-electron chi connectivity index (χ1n) is 8.16. The molecule has 1 aromatic carbocycles. The highest BCUT2D eigenvalue weighted by Gasteiger charge is 2.59. The van der Waals surface area contributed by atoms with Gasteiger partial charge in [-0.15, -0.1) is 0 Å². The lowest BCUT2D eigenvalue weighted by Gasteiger charge is -2.33. The lowest BCUT2D eigenvalue weighted by Crippen LogP contribution is -2.40. The Balaban J connectivity index is 1.73. The molecule has 2 aliphatic rings. The molecule has 24 heavy (non-hydrogen) atoms. The van der Waals surface area contributed by atoms with E-state index in [1.807, 2.05) is 11.8 Å². The average molecular weight is 333 g/mol. The topological polar surface area (TPSA) is 76.1 Å². The van der Waals surface area contributed by atoms with Crippen molar-refractivity contribution in [3.8, 4) is 11.5 Å². The summed E-state index contributed by atoms with van der Waals surface area (Å²) in [5.41, 5.74) is 1.37.